The van der Waals surface area contributed by atoms with Gasteiger partial charge in [0, 0.05) is 12.1 Å². The molecule has 8 nitrogen and oxygen atoms in total. The second kappa shape index (κ2) is 10.5. The highest BCUT2D eigenvalue weighted by atomic mass is 32.2. The van der Waals surface area contributed by atoms with Gasteiger partial charge in [-0.15, -0.1) is 0 Å². The van der Waals surface area contributed by atoms with Crippen molar-refractivity contribution in [3.05, 3.63) is 65.2 Å². The maximum Gasteiger partial charge on any atom is 0.307 e. The molecule has 0 unspecified atom stereocenters. The Hall–Kier alpha value is -3.04. The Labute approximate surface area is 187 Å². The van der Waals surface area contributed by atoms with E-state index in [1.165, 1.54) is 36.8 Å². The number of aryl methyl sites for hydroxylation is 1. The monoisotopic (exact) mass is 458 g/mol. The van der Waals surface area contributed by atoms with E-state index in [0.29, 0.717) is 5.56 Å². The molecule has 0 saturated carbocycles. The molecule has 0 fully saturated rings. The van der Waals surface area contributed by atoms with Gasteiger partial charge >= 0.3 is 5.97 Å². The number of nitrogens with one attached hydrogen (secondary N) is 2. The van der Waals surface area contributed by atoms with Crippen molar-refractivity contribution in [3.8, 4) is 0 Å². The highest BCUT2D eigenvalue weighted by Gasteiger charge is 2.22. The van der Waals surface area contributed by atoms with Crippen LogP contribution in [0.15, 0.2) is 53.4 Å². The molecule has 1 aliphatic rings. The SMILES string of the molecule is CC(=O)c1ccc(S(=O)(=O)NCCC(=O)OCC(=O)N[C@@H]2CCCc3ccccc32)cc1. The van der Waals surface area contributed by atoms with E-state index in [9.17, 15) is 22.8 Å². The second-order valence-electron chi connectivity index (χ2n) is 7.60. The number of esters is 1. The average molecular weight is 459 g/mol. The summed E-state index contributed by atoms with van der Waals surface area (Å²) in [5.41, 5.74) is 2.70. The predicted octanol–water partition coefficient (Wildman–Crippen LogP) is 2.29. The lowest BCUT2D eigenvalue weighted by molar-refractivity contribution is -0.148. The zero-order valence-electron chi connectivity index (χ0n) is 17.8. The number of Topliss-reactive ketones (excluding diaryl/α,β-unsaturated/α-hetero) is 1. The number of carbonyl (C=O) groups is 3. The first-order valence-electron chi connectivity index (χ1n) is 10.4. The van der Waals surface area contributed by atoms with Gasteiger partial charge in [-0.1, -0.05) is 36.4 Å². The molecule has 1 aliphatic carbocycles. The Balaban J connectivity index is 1.41. The Morgan fingerprint density at radius 1 is 1.06 bits per heavy atom. The number of amides is 1. The van der Waals surface area contributed by atoms with E-state index in [4.69, 9.17) is 4.74 Å². The van der Waals surface area contributed by atoms with Crippen LogP contribution in [0.2, 0.25) is 0 Å². The molecule has 9 heteroatoms. The summed E-state index contributed by atoms with van der Waals surface area (Å²) in [7, 11) is -3.83. The van der Waals surface area contributed by atoms with Gasteiger partial charge in [-0.3, -0.25) is 14.4 Å². The molecule has 3 rings (SSSR count). The zero-order chi connectivity index (χ0) is 23.1. The molecule has 0 aromatic heterocycles. The number of ketones is 1. The van der Waals surface area contributed by atoms with Crippen LogP contribution >= 0.6 is 0 Å². The van der Waals surface area contributed by atoms with Crippen LogP contribution in [-0.4, -0.2) is 39.2 Å². The number of fused-ring (bicyclic) bond motifs is 1. The van der Waals surface area contributed by atoms with Gasteiger partial charge in [-0.25, -0.2) is 13.1 Å². The van der Waals surface area contributed by atoms with Crippen LogP contribution in [0.1, 0.15) is 53.7 Å². The quantitative estimate of drug-likeness (QED) is 0.440. The maximum absolute atomic E-state index is 12.3. The standard InChI is InChI=1S/C23H26N2O6S/c1-16(26)17-9-11-19(12-10-17)32(29,30)24-14-13-23(28)31-15-22(27)25-21-8-4-6-18-5-2-3-7-20(18)21/h2-3,5,7,9-12,21,24H,4,6,8,13-15H2,1H3,(H,25,27)/t21-/m1/s1. The fourth-order valence-corrected chi connectivity index (χ4v) is 4.63. The zero-order valence-corrected chi connectivity index (χ0v) is 18.6. The lowest BCUT2D eigenvalue weighted by atomic mass is 9.88. The van der Waals surface area contributed by atoms with Gasteiger partial charge in [-0.2, -0.15) is 0 Å². The molecule has 0 bridgehead atoms. The summed E-state index contributed by atoms with van der Waals surface area (Å²) in [5.74, 6) is -1.24. The molecular formula is C23H26N2O6S. The van der Waals surface area contributed by atoms with Crippen LogP contribution in [0.5, 0.6) is 0 Å². The molecule has 0 heterocycles. The molecule has 0 spiro atoms. The summed E-state index contributed by atoms with van der Waals surface area (Å²) in [6, 6.07) is 13.3. The minimum atomic E-state index is -3.83. The molecule has 0 radical (unpaired) electrons. The van der Waals surface area contributed by atoms with Gasteiger partial charge in [0.15, 0.2) is 12.4 Å². The fraction of sp³-hybridized carbons (Fsp3) is 0.348. The molecule has 0 saturated heterocycles. The molecule has 32 heavy (non-hydrogen) atoms. The molecule has 2 aromatic carbocycles. The normalized spacial score (nSPS) is 15.5. The predicted molar refractivity (Wildman–Crippen MR) is 117 cm³/mol. The van der Waals surface area contributed by atoms with E-state index in [0.717, 1.165) is 24.8 Å². The minimum absolute atomic E-state index is 0.0111. The molecule has 1 amide bonds. The van der Waals surface area contributed by atoms with Crippen molar-refractivity contribution in [3.63, 3.8) is 0 Å². The molecular weight excluding hydrogens is 432 g/mol. The third-order valence-corrected chi connectivity index (χ3v) is 6.74. The third kappa shape index (κ3) is 6.24. The summed E-state index contributed by atoms with van der Waals surface area (Å²) in [6.45, 7) is 0.797. The van der Waals surface area contributed by atoms with Gasteiger partial charge in [0.25, 0.3) is 5.91 Å². The van der Waals surface area contributed by atoms with Crippen molar-refractivity contribution >= 4 is 27.7 Å². The van der Waals surface area contributed by atoms with Crippen LogP contribution in [0.3, 0.4) is 0 Å². The number of ether oxygens (including phenoxy) is 1. The number of hydrogen-bond acceptors (Lipinski definition) is 6. The number of benzene rings is 2. The van der Waals surface area contributed by atoms with Crippen molar-refractivity contribution in [1.82, 2.24) is 10.0 Å². The van der Waals surface area contributed by atoms with E-state index >= 15 is 0 Å². The second-order valence-corrected chi connectivity index (χ2v) is 9.37. The van der Waals surface area contributed by atoms with E-state index in [2.05, 4.69) is 10.0 Å². The summed E-state index contributed by atoms with van der Waals surface area (Å²) >= 11 is 0. The average Bonchev–Trinajstić information content (AvgIpc) is 2.78. The Bertz CT molecular complexity index is 1100. The minimum Gasteiger partial charge on any atom is -0.456 e. The topological polar surface area (TPSA) is 119 Å². The van der Waals surface area contributed by atoms with Crippen molar-refractivity contribution in [1.29, 1.82) is 0 Å². The number of hydrogen-bond donors (Lipinski definition) is 2. The van der Waals surface area contributed by atoms with Gasteiger partial charge in [0.1, 0.15) is 0 Å². The first-order chi connectivity index (χ1) is 15.3. The highest BCUT2D eigenvalue weighted by Crippen LogP contribution is 2.29. The van der Waals surface area contributed by atoms with E-state index < -0.39 is 28.5 Å². The number of sulfonamides is 1. The Kier molecular flexibility index (Phi) is 7.76. The van der Waals surface area contributed by atoms with E-state index in [1.807, 2.05) is 24.3 Å². The van der Waals surface area contributed by atoms with Crippen molar-refractivity contribution in [2.75, 3.05) is 13.2 Å². The third-order valence-electron chi connectivity index (χ3n) is 5.26. The van der Waals surface area contributed by atoms with Gasteiger partial charge in [0.05, 0.1) is 17.4 Å². The maximum atomic E-state index is 12.3. The van der Waals surface area contributed by atoms with Crippen LogP contribution in [0.4, 0.5) is 0 Å². The van der Waals surface area contributed by atoms with Crippen LogP contribution in [0, 0.1) is 0 Å². The Morgan fingerprint density at radius 2 is 1.78 bits per heavy atom. The Morgan fingerprint density at radius 3 is 2.50 bits per heavy atom. The summed E-state index contributed by atoms with van der Waals surface area (Å²) in [5, 5.41) is 2.89. The molecule has 0 aliphatic heterocycles. The van der Waals surface area contributed by atoms with Gasteiger partial charge in [0.2, 0.25) is 10.0 Å². The van der Waals surface area contributed by atoms with Crippen molar-refractivity contribution in [2.24, 2.45) is 0 Å². The fourth-order valence-electron chi connectivity index (χ4n) is 3.60. The lowest BCUT2D eigenvalue weighted by Gasteiger charge is -2.26. The number of carbonyl (C=O) groups excluding carboxylic acids is 3. The molecule has 170 valence electrons. The highest BCUT2D eigenvalue weighted by molar-refractivity contribution is 7.89. The lowest BCUT2D eigenvalue weighted by Crippen LogP contribution is -2.34. The molecule has 2 N–H and O–H groups in total. The first kappa shape index (κ1) is 23.6. The summed E-state index contributed by atoms with van der Waals surface area (Å²) in [6.07, 6.45) is 2.56. The van der Waals surface area contributed by atoms with Gasteiger partial charge in [-0.05, 0) is 49.4 Å². The van der Waals surface area contributed by atoms with Crippen LogP contribution < -0.4 is 10.0 Å². The van der Waals surface area contributed by atoms with Crippen molar-refractivity contribution in [2.45, 2.75) is 43.5 Å². The van der Waals surface area contributed by atoms with E-state index in [1.54, 1.807) is 0 Å². The van der Waals surface area contributed by atoms with Crippen LogP contribution in [0.25, 0.3) is 0 Å². The summed E-state index contributed by atoms with van der Waals surface area (Å²) < 4.78 is 31.8. The first-order valence-corrected chi connectivity index (χ1v) is 11.9. The van der Waals surface area contributed by atoms with E-state index in [-0.39, 0.29) is 29.7 Å². The van der Waals surface area contributed by atoms with Crippen LogP contribution in [-0.2, 0) is 30.8 Å². The number of rotatable bonds is 9. The van der Waals surface area contributed by atoms with Gasteiger partial charge < -0.3 is 10.1 Å². The molecule has 2 aromatic rings. The molecule has 1 atom stereocenters. The smallest absolute Gasteiger partial charge is 0.307 e. The largest absolute Gasteiger partial charge is 0.456 e. The van der Waals surface area contributed by atoms with Crippen molar-refractivity contribution < 1.29 is 27.5 Å². The summed E-state index contributed by atoms with van der Waals surface area (Å²) in [4.78, 5) is 35.4.